The van der Waals surface area contributed by atoms with Crippen LogP contribution in [0.5, 0.6) is 0 Å². The highest BCUT2D eigenvalue weighted by Crippen LogP contribution is 2.27. The minimum atomic E-state index is 1.12. The summed E-state index contributed by atoms with van der Waals surface area (Å²) in [4.78, 5) is 0. The van der Waals surface area contributed by atoms with Gasteiger partial charge in [-0.2, -0.15) is 0 Å². The largest absolute Gasteiger partial charge is 0.388 e. The molecule has 0 aromatic heterocycles. The Labute approximate surface area is 105 Å². The maximum absolute atomic E-state index is 3.51. The van der Waals surface area contributed by atoms with Crippen LogP contribution < -0.4 is 5.32 Å². The zero-order valence-corrected chi connectivity index (χ0v) is 11.0. The van der Waals surface area contributed by atoms with E-state index in [2.05, 4.69) is 70.6 Å². The van der Waals surface area contributed by atoms with E-state index in [1.54, 1.807) is 0 Å². The Bertz CT molecular complexity index is 489. The van der Waals surface area contributed by atoms with Crippen molar-refractivity contribution in [3.8, 4) is 11.1 Å². The third kappa shape index (κ3) is 2.27. The summed E-state index contributed by atoms with van der Waals surface area (Å²) in [7, 11) is 1.93. The molecule has 0 aliphatic heterocycles. The summed E-state index contributed by atoms with van der Waals surface area (Å²) in [6.45, 7) is 2.13. The number of hydrogen-bond acceptors (Lipinski definition) is 1. The summed E-state index contributed by atoms with van der Waals surface area (Å²) in [5.74, 6) is 0. The molecule has 0 aliphatic carbocycles. The van der Waals surface area contributed by atoms with Crippen LogP contribution in [0.3, 0.4) is 0 Å². The Hall–Kier alpha value is -1.28. The van der Waals surface area contributed by atoms with Crippen LogP contribution in [-0.2, 0) is 0 Å². The Balaban J connectivity index is 2.45. The van der Waals surface area contributed by atoms with E-state index in [1.165, 1.54) is 16.7 Å². The molecule has 2 aromatic carbocycles. The fourth-order valence-electron chi connectivity index (χ4n) is 1.72. The van der Waals surface area contributed by atoms with Crippen molar-refractivity contribution in [2.75, 3.05) is 12.4 Å². The van der Waals surface area contributed by atoms with E-state index in [9.17, 15) is 0 Å². The highest BCUT2D eigenvalue weighted by Gasteiger charge is 2.02. The van der Waals surface area contributed by atoms with Crippen molar-refractivity contribution in [3.63, 3.8) is 0 Å². The maximum atomic E-state index is 3.51. The predicted molar refractivity (Wildman–Crippen MR) is 73.9 cm³/mol. The monoisotopic (exact) mass is 275 g/mol. The number of hydrogen-bond donors (Lipinski definition) is 1. The summed E-state index contributed by atoms with van der Waals surface area (Å²) < 4.78 is 1.12. The molecular weight excluding hydrogens is 262 g/mol. The van der Waals surface area contributed by atoms with Crippen LogP contribution in [0.1, 0.15) is 5.56 Å². The molecule has 0 heterocycles. The van der Waals surface area contributed by atoms with Gasteiger partial charge in [-0.25, -0.2) is 0 Å². The number of anilines is 1. The lowest BCUT2D eigenvalue weighted by Crippen LogP contribution is -1.88. The average Bonchev–Trinajstić information content (AvgIpc) is 2.32. The molecule has 1 N–H and O–H groups in total. The van der Waals surface area contributed by atoms with Crippen molar-refractivity contribution in [3.05, 3.63) is 52.5 Å². The van der Waals surface area contributed by atoms with Gasteiger partial charge in [0.15, 0.2) is 0 Å². The van der Waals surface area contributed by atoms with E-state index in [1.807, 2.05) is 7.05 Å². The molecule has 0 atom stereocenters. The molecule has 0 amide bonds. The number of nitrogens with one attached hydrogen (secondary N) is 1. The molecule has 2 rings (SSSR count). The van der Waals surface area contributed by atoms with Crippen molar-refractivity contribution in [1.29, 1.82) is 0 Å². The third-order valence-corrected chi connectivity index (χ3v) is 3.18. The third-order valence-electron chi connectivity index (χ3n) is 2.68. The standard InChI is InChI=1S/C14H14BrN/c1-10-3-6-12(15)9-14(10)11-4-7-13(16-2)8-5-11/h3-9,16H,1-2H3. The van der Waals surface area contributed by atoms with Crippen LogP contribution in [0.25, 0.3) is 11.1 Å². The van der Waals surface area contributed by atoms with Gasteiger partial charge in [-0.05, 0) is 47.9 Å². The summed E-state index contributed by atoms with van der Waals surface area (Å²) >= 11 is 3.51. The van der Waals surface area contributed by atoms with Crippen molar-refractivity contribution >= 4 is 21.6 Å². The van der Waals surface area contributed by atoms with Crippen LogP contribution in [0.2, 0.25) is 0 Å². The maximum Gasteiger partial charge on any atom is 0.0337 e. The first-order chi connectivity index (χ1) is 7.70. The van der Waals surface area contributed by atoms with Crippen LogP contribution in [0, 0.1) is 6.92 Å². The van der Waals surface area contributed by atoms with Gasteiger partial charge < -0.3 is 5.32 Å². The lowest BCUT2D eigenvalue weighted by molar-refractivity contribution is 1.44. The van der Waals surface area contributed by atoms with E-state index in [4.69, 9.17) is 0 Å². The highest BCUT2D eigenvalue weighted by molar-refractivity contribution is 9.10. The van der Waals surface area contributed by atoms with Gasteiger partial charge in [-0.15, -0.1) is 0 Å². The summed E-state index contributed by atoms with van der Waals surface area (Å²) in [5, 5.41) is 3.12. The van der Waals surface area contributed by atoms with E-state index >= 15 is 0 Å². The van der Waals surface area contributed by atoms with Gasteiger partial charge in [0, 0.05) is 17.2 Å². The molecule has 0 saturated carbocycles. The second-order valence-corrected chi connectivity index (χ2v) is 4.70. The molecule has 0 radical (unpaired) electrons. The van der Waals surface area contributed by atoms with E-state index in [0.717, 1.165) is 10.2 Å². The molecule has 82 valence electrons. The highest BCUT2D eigenvalue weighted by atomic mass is 79.9. The molecule has 0 spiro atoms. The molecule has 16 heavy (non-hydrogen) atoms. The Morgan fingerprint density at radius 3 is 2.31 bits per heavy atom. The van der Waals surface area contributed by atoms with Gasteiger partial charge >= 0.3 is 0 Å². The number of rotatable bonds is 2. The van der Waals surface area contributed by atoms with E-state index in [-0.39, 0.29) is 0 Å². The van der Waals surface area contributed by atoms with Crippen LogP contribution in [0.4, 0.5) is 5.69 Å². The second kappa shape index (κ2) is 4.71. The Morgan fingerprint density at radius 1 is 1.00 bits per heavy atom. The quantitative estimate of drug-likeness (QED) is 0.853. The van der Waals surface area contributed by atoms with Crippen molar-refractivity contribution in [2.24, 2.45) is 0 Å². The Kier molecular flexibility index (Phi) is 3.30. The van der Waals surface area contributed by atoms with Crippen LogP contribution in [0.15, 0.2) is 46.9 Å². The Morgan fingerprint density at radius 2 is 1.69 bits per heavy atom. The van der Waals surface area contributed by atoms with Gasteiger partial charge in [0.2, 0.25) is 0 Å². The molecular formula is C14H14BrN. The zero-order valence-electron chi connectivity index (χ0n) is 9.42. The second-order valence-electron chi connectivity index (χ2n) is 3.79. The first kappa shape index (κ1) is 11.2. The van der Waals surface area contributed by atoms with Crippen molar-refractivity contribution in [2.45, 2.75) is 6.92 Å². The van der Waals surface area contributed by atoms with Gasteiger partial charge in [0.1, 0.15) is 0 Å². The number of aryl methyl sites for hydroxylation is 1. The average molecular weight is 276 g/mol. The SMILES string of the molecule is CNc1ccc(-c2cc(Br)ccc2C)cc1. The van der Waals surface area contributed by atoms with Gasteiger partial charge in [0.05, 0.1) is 0 Å². The molecule has 1 nitrogen and oxygen atoms in total. The summed E-state index contributed by atoms with van der Waals surface area (Å²) in [6.07, 6.45) is 0. The normalized spacial score (nSPS) is 10.2. The fraction of sp³-hybridized carbons (Fsp3) is 0.143. The van der Waals surface area contributed by atoms with Gasteiger partial charge in [-0.1, -0.05) is 34.1 Å². The topological polar surface area (TPSA) is 12.0 Å². The van der Waals surface area contributed by atoms with E-state index in [0.29, 0.717) is 0 Å². The minimum absolute atomic E-state index is 1.12. The smallest absolute Gasteiger partial charge is 0.0337 e. The van der Waals surface area contributed by atoms with Crippen molar-refractivity contribution < 1.29 is 0 Å². The number of benzene rings is 2. The van der Waals surface area contributed by atoms with E-state index < -0.39 is 0 Å². The van der Waals surface area contributed by atoms with Gasteiger partial charge in [0.25, 0.3) is 0 Å². The first-order valence-corrected chi connectivity index (χ1v) is 6.04. The molecule has 0 unspecified atom stereocenters. The minimum Gasteiger partial charge on any atom is -0.388 e. The van der Waals surface area contributed by atoms with Crippen LogP contribution in [-0.4, -0.2) is 7.05 Å². The molecule has 0 fully saturated rings. The molecule has 2 heteroatoms. The molecule has 0 bridgehead atoms. The molecule has 2 aromatic rings. The molecule has 0 saturated heterocycles. The first-order valence-electron chi connectivity index (χ1n) is 5.25. The lowest BCUT2D eigenvalue weighted by atomic mass is 10.0. The van der Waals surface area contributed by atoms with Gasteiger partial charge in [-0.3, -0.25) is 0 Å². The lowest BCUT2D eigenvalue weighted by Gasteiger charge is -2.08. The van der Waals surface area contributed by atoms with Crippen molar-refractivity contribution in [1.82, 2.24) is 0 Å². The van der Waals surface area contributed by atoms with Crippen LogP contribution >= 0.6 is 15.9 Å². The predicted octanol–water partition coefficient (Wildman–Crippen LogP) is 4.47. The fourth-order valence-corrected chi connectivity index (χ4v) is 2.08. The summed E-state index contributed by atoms with van der Waals surface area (Å²) in [5.41, 5.74) is 4.95. The zero-order chi connectivity index (χ0) is 11.5. The number of halogens is 1. The molecule has 0 aliphatic rings. The summed E-state index contributed by atoms with van der Waals surface area (Å²) in [6, 6.07) is 14.8.